The molecule has 33 heavy (non-hydrogen) atoms. The van der Waals surface area contributed by atoms with Gasteiger partial charge in [0.25, 0.3) is 0 Å². The van der Waals surface area contributed by atoms with Gasteiger partial charge in [-0.1, -0.05) is 91.9 Å². The zero-order valence-electron chi connectivity index (χ0n) is 19.4. The monoisotopic (exact) mass is 438 g/mol. The smallest absolute Gasteiger partial charge is 0.165 e. The van der Waals surface area contributed by atoms with E-state index in [1.165, 1.54) is 27.8 Å². The average Bonchev–Trinajstić information content (AvgIpc) is 2.86. The molecule has 0 aliphatic carbocycles. The van der Waals surface area contributed by atoms with Gasteiger partial charge in [0.2, 0.25) is 0 Å². The first kappa shape index (κ1) is 22.8. The lowest BCUT2D eigenvalue weighted by atomic mass is 9.93. The van der Waals surface area contributed by atoms with Crippen LogP contribution in [-0.4, -0.2) is 6.61 Å². The summed E-state index contributed by atoms with van der Waals surface area (Å²) in [5, 5.41) is 0. The summed E-state index contributed by atoms with van der Waals surface area (Å²) in [6.07, 6.45) is 2.72. The van der Waals surface area contributed by atoms with Crippen molar-refractivity contribution in [2.24, 2.45) is 0 Å². The molecule has 0 radical (unpaired) electrons. The van der Waals surface area contributed by atoms with E-state index in [4.69, 9.17) is 4.74 Å². The van der Waals surface area contributed by atoms with E-state index in [-0.39, 0.29) is 5.82 Å². The summed E-state index contributed by atoms with van der Waals surface area (Å²) in [5.74, 6) is 0.539. The van der Waals surface area contributed by atoms with Crippen molar-refractivity contribution in [3.05, 3.63) is 125 Å². The molecule has 0 spiro atoms. The van der Waals surface area contributed by atoms with Crippen LogP contribution in [0, 0.1) is 5.82 Å². The summed E-state index contributed by atoms with van der Waals surface area (Å²) in [6.45, 7) is 4.61. The zero-order chi connectivity index (χ0) is 23.0. The molecule has 1 atom stereocenters. The van der Waals surface area contributed by atoms with Crippen LogP contribution in [0.2, 0.25) is 0 Å². The molecule has 0 aliphatic heterocycles. The molecule has 1 nitrogen and oxygen atoms in total. The normalized spacial score (nSPS) is 11.8. The Morgan fingerprint density at radius 2 is 1.27 bits per heavy atom. The number of hydrogen-bond donors (Lipinski definition) is 0. The van der Waals surface area contributed by atoms with Crippen LogP contribution in [0.15, 0.2) is 97.1 Å². The molecule has 0 bridgehead atoms. The Kier molecular flexibility index (Phi) is 7.57. The van der Waals surface area contributed by atoms with Crippen LogP contribution in [0.3, 0.4) is 0 Å². The number of benzene rings is 4. The van der Waals surface area contributed by atoms with E-state index >= 15 is 0 Å². The molecule has 4 aromatic carbocycles. The molecular weight excluding hydrogens is 407 g/mol. The summed E-state index contributed by atoms with van der Waals surface area (Å²) in [7, 11) is 0. The highest BCUT2D eigenvalue weighted by atomic mass is 19.1. The largest absolute Gasteiger partial charge is 0.491 e. The van der Waals surface area contributed by atoms with Crippen molar-refractivity contribution in [3.63, 3.8) is 0 Å². The number of rotatable bonds is 9. The van der Waals surface area contributed by atoms with Crippen molar-refractivity contribution in [2.45, 2.75) is 39.0 Å². The van der Waals surface area contributed by atoms with E-state index in [2.05, 4.69) is 85.8 Å². The van der Waals surface area contributed by atoms with Crippen molar-refractivity contribution in [3.8, 4) is 16.9 Å². The van der Waals surface area contributed by atoms with Crippen LogP contribution in [-0.2, 0) is 19.3 Å². The SMILES string of the molecule is CCOc1ccc(CCc2ccc(-c3ccc(C[C@H](C)c4ccccc4)cc3)cc2)cc1F. The number of ether oxygens (including phenoxy) is 1. The van der Waals surface area contributed by atoms with Gasteiger partial charge >= 0.3 is 0 Å². The minimum Gasteiger partial charge on any atom is -0.491 e. The lowest BCUT2D eigenvalue weighted by Crippen LogP contribution is -1.98. The van der Waals surface area contributed by atoms with Crippen molar-refractivity contribution < 1.29 is 9.13 Å². The van der Waals surface area contributed by atoms with Crippen molar-refractivity contribution >= 4 is 0 Å². The third-order valence-electron chi connectivity index (χ3n) is 6.15. The molecular formula is C31H31FO. The van der Waals surface area contributed by atoms with E-state index in [1.54, 1.807) is 12.1 Å². The number of halogens is 1. The highest BCUT2D eigenvalue weighted by molar-refractivity contribution is 5.64. The van der Waals surface area contributed by atoms with Crippen LogP contribution >= 0.6 is 0 Å². The summed E-state index contributed by atoms with van der Waals surface area (Å²) in [4.78, 5) is 0. The Balaban J connectivity index is 1.34. The second-order valence-electron chi connectivity index (χ2n) is 8.61. The fourth-order valence-electron chi connectivity index (χ4n) is 4.21. The predicted octanol–water partition coefficient (Wildman–Crippen LogP) is 8.02. The predicted molar refractivity (Wildman–Crippen MR) is 135 cm³/mol. The fourth-order valence-corrected chi connectivity index (χ4v) is 4.21. The Morgan fingerprint density at radius 1 is 0.697 bits per heavy atom. The molecule has 0 aliphatic rings. The van der Waals surface area contributed by atoms with Crippen LogP contribution < -0.4 is 4.74 Å². The Hall–Kier alpha value is -3.39. The second kappa shape index (κ2) is 11.0. The van der Waals surface area contributed by atoms with Crippen LogP contribution in [0.5, 0.6) is 5.75 Å². The Bertz CT molecular complexity index is 1150. The van der Waals surface area contributed by atoms with Crippen molar-refractivity contribution in [1.82, 2.24) is 0 Å². The molecule has 2 heteroatoms. The van der Waals surface area contributed by atoms with Gasteiger partial charge in [0.05, 0.1) is 6.61 Å². The molecule has 4 aromatic rings. The lowest BCUT2D eigenvalue weighted by molar-refractivity contribution is 0.321. The van der Waals surface area contributed by atoms with Gasteiger partial charge in [0, 0.05) is 0 Å². The molecule has 0 aromatic heterocycles. The third kappa shape index (κ3) is 6.10. The van der Waals surface area contributed by atoms with Gasteiger partial charge in [-0.3, -0.25) is 0 Å². The lowest BCUT2D eigenvalue weighted by Gasteiger charge is -2.12. The van der Waals surface area contributed by atoms with Crippen LogP contribution in [0.25, 0.3) is 11.1 Å². The molecule has 0 amide bonds. The van der Waals surface area contributed by atoms with Gasteiger partial charge in [-0.05, 0) is 77.6 Å². The third-order valence-corrected chi connectivity index (χ3v) is 6.15. The molecule has 168 valence electrons. The molecule has 0 N–H and O–H groups in total. The number of hydrogen-bond acceptors (Lipinski definition) is 1. The van der Waals surface area contributed by atoms with Crippen LogP contribution in [0.1, 0.15) is 42.0 Å². The van der Waals surface area contributed by atoms with Gasteiger partial charge in [-0.2, -0.15) is 0 Å². The van der Waals surface area contributed by atoms with Gasteiger partial charge in [-0.15, -0.1) is 0 Å². The first-order chi connectivity index (χ1) is 16.1. The van der Waals surface area contributed by atoms with Gasteiger partial charge in [0.1, 0.15) is 0 Å². The number of aryl methyl sites for hydroxylation is 2. The molecule has 0 unspecified atom stereocenters. The minimum atomic E-state index is -0.286. The molecule has 0 saturated carbocycles. The first-order valence-electron chi connectivity index (χ1n) is 11.8. The van der Waals surface area contributed by atoms with Crippen LogP contribution in [0.4, 0.5) is 4.39 Å². The highest BCUT2D eigenvalue weighted by Gasteiger charge is 2.07. The summed E-state index contributed by atoms with van der Waals surface area (Å²) in [6, 6.07) is 33.5. The minimum absolute atomic E-state index is 0.286. The Morgan fingerprint density at radius 3 is 1.88 bits per heavy atom. The van der Waals surface area contributed by atoms with Gasteiger partial charge < -0.3 is 4.74 Å². The van der Waals surface area contributed by atoms with E-state index < -0.39 is 0 Å². The maximum atomic E-state index is 14.1. The van der Waals surface area contributed by atoms with E-state index in [1.807, 2.05) is 13.0 Å². The van der Waals surface area contributed by atoms with Crippen molar-refractivity contribution in [1.29, 1.82) is 0 Å². The fraction of sp³-hybridized carbons (Fsp3) is 0.226. The van der Waals surface area contributed by atoms with E-state index in [0.717, 1.165) is 24.8 Å². The average molecular weight is 439 g/mol. The first-order valence-corrected chi connectivity index (χ1v) is 11.8. The van der Waals surface area contributed by atoms with Gasteiger partial charge in [0.15, 0.2) is 11.6 Å². The summed E-state index contributed by atoms with van der Waals surface area (Å²) < 4.78 is 19.3. The Labute approximate surface area is 196 Å². The summed E-state index contributed by atoms with van der Waals surface area (Å²) in [5.41, 5.74) is 7.42. The second-order valence-corrected chi connectivity index (χ2v) is 8.61. The molecule has 0 fully saturated rings. The van der Waals surface area contributed by atoms with Crippen molar-refractivity contribution in [2.75, 3.05) is 6.61 Å². The molecule has 0 saturated heterocycles. The van der Waals surface area contributed by atoms with E-state index in [0.29, 0.717) is 18.3 Å². The molecule has 4 rings (SSSR count). The summed E-state index contributed by atoms with van der Waals surface area (Å²) >= 11 is 0. The maximum absolute atomic E-state index is 14.1. The maximum Gasteiger partial charge on any atom is 0.165 e. The molecule has 0 heterocycles. The van der Waals surface area contributed by atoms with Gasteiger partial charge in [-0.25, -0.2) is 4.39 Å². The quantitative estimate of drug-likeness (QED) is 0.257. The topological polar surface area (TPSA) is 9.23 Å². The standard InChI is InChI=1S/C31H31FO/c1-3-33-31-20-15-26(22-30(31)32)10-9-24-11-16-28(17-12-24)29-18-13-25(14-19-29)21-23(2)27-7-5-4-6-8-27/h4-8,11-20,22-23H,3,9-10,21H2,1-2H3/t23-/m0/s1. The highest BCUT2D eigenvalue weighted by Crippen LogP contribution is 2.25. The van der Waals surface area contributed by atoms with E-state index in [9.17, 15) is 4.39 Å². The zero-order valence-corrected chi connectivity index (χ0v) is 19.4.